The highest BCUT2D eigenvalue weighted by molar-refractivity contribution is 4.71. The van der Waals surface area contributed by atoms with Gasteiger partial charge in [0.2, 0.25) is 0 Å². The average Bonchev–Trinajstić information content (AvgIpc) is 2.14. The van der Waals surface area contributed by atoms with Crippen LogP contribution in [-0.2, 0) is 4.74 Å². The van der Waals surface area contributed by atoms with Crippen molar-refractivity contribution in [2.75, 3.05) is 7.11 Å². The summed E-state index contributed by atoms with van der Waals surface area (Å²) in [6.07, 6.45) is 6.38. The van der Waals surface area contributed by atoms with Crippen molar-refractivity contribution in [2.45, 2.75) is 44.2 Å². The van der Waals surface area contributed by atoms with Gasteiger partial charge in [-0.2, -0.15) is 0 Å². The normalized spacial score (nSPS) is 35.4. The average molecular weight is 143 g/mol. The van der Waals surface area contributed by atoms with Gasteiger partial charge in [0.15, 0.2) is 0 Å². The fourth-order valence-corrected chi connectivity index (χ4v) is 1.53. The Labute approximate surface area is 62.7 Å². The summed E-state index contributed by atoms with van der Waals surface area (Å²) in [5.41, 5.74) is 5.80. The van der Waals surface area contributed by atoms with Crippen LogP contribution in [0.15, 0.2) is 0 Å². The largest absolute Gasteiger partial charge is 0.381 e. The van der Waals surface area contributed by atoms with Crippen LogP contribution < -0.4 is 5.73 Å². The molecule has 0 unspecified atom stereocenters. The summed E-state index contributed by atoms with van der Waals surface area (Å²) >= 11 is 0. The van der Waals surface area contributed by atoms with E-state index in [-0.39, 0.29) is 0 Å². The molecule has 0 radical (unpaired) electrons. The van der Waals surface area contributed by atoms with Crippen LogP contribution in [0, 0.1) is 0 Å². The zero-order valence-corrected chi connectivity index (χ0v) is 6.68. The van der Waals surface area contributed by atoms with Crippen molar-refractivity contribution in [2.24, 2.45) is 5.73 Å². The van der Waals surface area contributed by atoms with Gasteiger partial charge in [0.1, 0.15) is 0 Å². The predicted octanol–water partition coefficient (Wildman–Crippen LogP) is 1.29. The molecule has 0 heterocycles. The Bertz CT molecular complexity index is 95.3. The molecule has 1 fully saturated rings. The van der Waals surface area contributed by atoms with Crippen molar-refractivity contribution < 1.29 is 4.74 Å². The van der Waals surface area contributed by atoms with Gasteiger partial charge in [-0.15, -0.1) is 0 Å². The summed E-state index contributed by atoms with van der Waals surface area (Å²) in [5.74, 6) is 0. The molecule has 2 atom stereocenters. The lowest BCUT2D eigenvalue weighted by atomic mass is 10.1. The molecule has 2 heteroatoms. The first kappa shape index (κ1) is 8.02. The Morgan fingerprint density at radius 2 is 2.00 bits per heavy atom. The summed E-state index contributed by atoms with van der Waals surface area (Å²) in [6, 6.07) is 0.431. The van der Waals surface area contributed by atoms with E-state index in [1.54, 1.807) is 7.11 Å². The van der Waals surface area contributed by atoms with Gasteiger partial charge in [-0.05, 0) is 32.1 Å². The van der Waals surface area contributed by atoms with Crippen molar-refractivity contribution in [3.05, 3.63) is 0 Å². The van der Waals surface area contributed by atoms with Crippen molar-refractivity contribution in [1.29, 1.82) is 0 Å². The molecule has 0 aromatic heterocycles. The van der Waals surface area contributed by atoms with E-state index in [1.807, 2.05) is 0 Å². The van der Waals surface area contributed by atoms with Crippen molar-refractivity contribution in [1.82, 2.24) is 0 Å². The Hall–Kier alpha value is -0.0800. The molecule has 0 aromatic carbocycles. The summed E-state index contributed by atoms with van der Waals surface area (Å²) in [7, 11) is 1.79. The van der Waals surface area contributed by atoms with Crippen molar-refractivity contribution in [3.8, 4) is 0 Å². The molecule has 0 saturated heterocycles. The lowest BCUT2D eigenvalue weighted by molar-refractivity contribution is 0.0897. The first-order valence-electron chi connectivity index (χ1n) is 4.11. The van der Waals surface area contributed by atoms with Crippen LogP contribution in [0.4, 0.5) is 0 Å². The fraction of sp³-hybridized carbons (Fsp3) is 1.00. The number of rotatable bonds is 1. The Morgan fingerprint density at radius 3 is 2.70 bits per heavy atom. The van der Waals surface area contributed by atoms with Crippen LogP contribution >= 0.6 is 0 Å². The second-order valence-corrected chi connectivity index (χ2v) is 3.13. The maximum absolute atomic E-state index is 5.80. The van der Waals surface area contributed by atoms with Crippen LogP contribution in [0.25, 0.3) is 0 Å². The quantitative estimate of drug-likeness (QED) is 0.561. The van der Waals surface area contributed by atoms with E-state index in [4.69, 9.17) is 10.5 Å². The van der Waals surface area contributed by atoms with E-state index in [1.165, 1.54) is 19.3 Å². The SMILES string of the molecule is CO[C@H]1CCC[C@@H](N)CC1. The summed E-state index contributed by atoms with van der Waals surface area (Å²) in [5, 5.41) is 0. The predicted molar refractivity (Wildman–Crippen MR) is 41.9 cm³/mol. The van der Waals surface area contributed by atoms with Gasteiger partial charge in [-0.25, -0.2) is 0 Å². The summed E-state index contributed by atoms with van der Waals surface area (Å²) < 4.78 is 5.26. The van der Waals surface area contributed by atoms with E-state index in [0.717, 1.165) is 12.8 Å². The van der Waals surface area contributed by atoms with Gasteiger partial charge >= 0.3 is 0 Å². The highest BCUT2D eigenvalue weighted by Gasteiger charge is 2.14. The third-order valence-corrected chi connectivity index (χ3v) is 2.29. The second-order valence-electron chi connectivity index (χ2n) is 3.13. The molecule has 1 aliphatic rings. The summed E-state index contributed by atoms with van der Waals surface area (Å²) in [4.78, 5) is 0. The molecule has 0 bridgehead atoms. The van der Waals surface area contributed by atoms with Crippen LogP contribution in [0.1, 0.15) is 32.1 Å². The molecule has 1 saturated carbocycles. The lowest BCUT2D eigenvalue weighted by Crippen LogP contribution is -2.18. The molecule has 10 heavy (non-hydrogen) atoms. The standard InChI is InChI=1S/C8H17NO/c1-10-8-4-2-3-7(9)5-6-8/h7-8H,2-6,9H2,1H3/t7-,8+/m1/s1. The molecule has 60 valence electrons. The van der Waals surface area contributed by atoms with Gasteiger partial charge in [0, 0.05) is 13.2 Å². The zero-order chi connectivity index (χ0) is 7.40. The van der Waals surface area contributed by atoms with Crippen LogP contribution in [0.3, 0.4) is 0 Å². The van der Waals surface area contributed by atoms with Gasteiger partial charge in [-0.1, -0.05) is 0 Å². The number of nitrogens with two attached hydrogens (primary N) is 1. The van der Waals surface area contributed by atoms with E-state index >= 15 is 0 Å². The first-order chi connectivity index (χ1) is 4.83. The topological polar surface area (TPSA) is 35.2 Å². The van der Waals surface area contributed by atoms with E-state index in [0.29, 0.717) is 12.1 Å². The minimum Gasteiger partial charge on any atom is -0.381 e. The van der Waals surface area contributed by atoms with Gasteiger partial charge in [0.25, 0.3) is 0 Å². The molecule has 0 spiro atoms. The van der Waals surface area contributed by atoms with Gasteiger partial charge < -0.3 is 10.5 Å². The van der Waals surface area contributed by atoms with Crippen molar-refractivity contribution in [3.63, 3.8) is 0 Å². The highest BCUT2D eigenvalue weighted by Crippen LogP contribution is 2.18. The Balaban J connectivity index is 2.26. The molecule has 2 nitrogen and oxygen atoms in total. The van der Waals surface area contributed by atoms with Gasteiger partial charge in [0.05, 0.1) is 6.10 Å². The van der Waals surface area contributed by atoms with Crippen LogP contribution in [0.5, 0.6) is 0 Å². The van der Waals surface area contributed by atoms with E-state index in [9.17, 15) is 0 Å². The zero-order valence-electron chi connectivity index (χ0n) is 6.68. The van der Waals surface area contributed by atoms with E-state index < -0.39 is 0 Å². The number of hydrogen-bond acceptors (Lipinski definition) is 2. The maximum Gasteiger partial charge on any atom is 0.0572 e. The van der Waals surface area contributed by atoms with Gasteiger partial charge in [-0.3, -0.25) is 0 Å². The Kier molecular flexibility index (Phi) is 3.16. The number of methoxy groups -OCH3 is 1. The molecule has 0 aliphatic heterocycles. The third-order valence-electron chi connectivity index (χ3n) is 2.29. The highest BCUT2D eigenvalue weighted by atomic mass is 16.5. The summed E-state index contributed by atoms with van der Waals surface area (Å²) in [6.45, 7) is 0. The molecule has 1 rings (SSSR count). The second kappa shape index (κ2) is 3.94. The first-order valence-corrected chi connectivity index (χ1v) is 4.11. The minimum absolute atomic E-state index is 0.431. The Morgan fingerprint density at radius 1 is 1.20 bits per heavy atom. The maximum atomic E-state index is 5.80. The molecule has 1 aliphatic carbocycles. The number of hydrogen-bond donors (Lipinski definition) is 1. The fourth-order valence-electron chi connectivity index (χ4n) is 1.53. The van der Waals surface area contributed by atoms with Crippen LogP contribution in [-0.4, -0.2) is 19.3 Å². The molecule has 0 aromatic rings. The monoisotopic (exact) mass is 143 g/mol. The molecular weight excluding hydrogens is 126 g/mol. The number of ether oxygens (including phenoxy) is 1. The minimum atomic E-state index is 0.431. The smallest absolute Gasteiger partial charge is 0.0572 e. The third kappa shape index (κ3) is 2.27. The van der Waals surface area contributed by atoms with Crippen molar-refractivity contribution >= 4 is 0 Å². The molecule has 0 amide bonds. The van der Waals surface area contributed by atoms with E-state index in [2.05, 4.69) is 0 Å². The lowest BCUT2D eigenvalue weighted by Gasteiger charge is -2.10. The molecule has 2 N–H and O–H groups in total. The molecular formula is C8H17NO. The van der Waals surface area contributed by atoms with Crippen LogP contribution in [0.2, 0.25) is 0 Å².